The predicted octanol–water partition coefficient (Wildman–Crippen LogP) is 4.73. The molecule has 2 atom stereocenters. The van der Waals surface area contributed by atoms with Gasteiger partial charge in [-0.1, -0.05) is 0 Å². The van der Waals surface area contributed by atoms with Gasteiger partial charge in [-0.25, -0.2) is 0 Å². The molecule has 174 valence electrons. The molecule has 1 unspecified atom stereocenters. The number of hydrogen-bond acceptors (Lipinski definition) is 7. The fraction of sp³-hybridized carbons (Fsp3) is 0.333. The van der Waals surface area contributed by atoms with E-state index in [2.05, 4.69) is 0 Å². The third-order valence-corrected chi connectivity index (χ3v) is 7.81. The quantitative estimate of drug-likeness (QED) is 0.126. The molecule has 0 fully saturated rings. The van der Waals surface area contributed by atoms with E-state index in [4.69, 9.17) is 14.2 Å². The van der Waals surface area contributed by atoms with Crippen LogP contribution in [-0.4, -0.2) is 45.4 Å². The molecule has 3 aromatic rings. The number of fused-ring (bicyclic) bond motifs is 1. The number of hydrogen-bond donors (Lipinski definition) is 0. The van der Waals surface area contributed by atoms with Gasteiger partial charge in [0.1, 0.15) is 0 Å². The van der Waals surface area contributed by atoms with Gasteiger partial charge in [-0.15, -0.1) is 0 Å². The molecule has 1 aromatic heterocycles. The fourth-order valence-electron chi connectivity index (χ4n) is 3.55. The molecule has 0 aliphatic heterocycles. The Balaban J connectivity index is 1.74. The fourth-order valence-corrected chi connectivity index (χ4v) is 5.70. The Morgan fingerprint density at radius 2 is 1.76 bits per heavy atom. The van der Waals surface area contributed by atoms with Crippen LogP contribution < -0.4 is 9.47 Å². The van der Waals surface area contributed by atoms with Crippen LogP contribution in [-0.2, 0) is 9.53 Å². The van der Waals surface area contributed by atoms with Gasteiger partial charge in [-0.3, -0.25) is 0 Å². The standard InChI is InChI=1S/C24H25NO7Se/c1-5-15(24(27)32-14(2)17-8-6-7-9-18(17)25(28)29)10-19(26)23-12-16-11-20(30-3)21(31-4)13-22(16)33-23/h6-9,11-15H,5,10H2,1-4H3/t14?,15-/m1/s1. The van der Waals surface area contributed by atoms with Crippen LogP contribution in [0.3, 0.4) is 0 Å². The van der Waals surface area contributed by atoms with E-state index in [0.29, 0.717) is 27.9 Å². The van der Waals surface area contributed by atoms with Crippen molar-refractivity contribution in [3.8, 4) is 11.5 Å². The molecule has 0 N–H and O–H groups in total. The van der Waals surface area contributed by atoms with Crippen LogP contribution in [0.1, 0.15) is 47.6 Å². The van der Waals surface area contributed by atoms with Gasteiger partial charge in [0.2, 0.25) is 0 Å². The van der Waals surface area contributed by atoms with Crippen molar-refractivity contribution < 1.29 is 28.7 Å². The molecule has 2 aromatic carbocycles. The van der Waals surface area contributed by atoms with Crippen LogP contribution >= 0.6 is 0 Å². The average Bonchev–Trinajstić information content (AvgIpc) is 3.24. The Hall–Kier alpha value is -3.16. The van der Waals surface area contributed by atoms with Gasteiger partial charge in [0.25, 0.3) is 0 Å². The number of nitro benzene ring substituents is 1. The van der Waals surface area contributed by atoms with Gasteiger partial charge in [0.15, 0.2) is 0 Å². The number of esters is 1. The third kappa shape index (κ3) is 5.43. The molecule has 1 heterocycles. The molecular formula is C24H25NO7Se. The number of ether oxygens (including phenoxy) is 3. The van der Waals surface area contributed by atoms with Crippen molar-refractivity contribution in [2.75, 3.05) is 14.2 Å². The Morgan fingerprint density at radius 3 is 2.39 bits per heavy atom. The first kappa shape index (κ1) is 24.5. The van der Waals surface area contributed by atoms with Crippen molar-refractivity contribution in [3.63, 3.8) is 0 Å². The molecule has 8 nitrogen and oxygen atoms in total. The summed E-state index contributed by atoms with van der Waals surface area (Å²) in [7, 11) is 3.12. The first-order valence-electron chi connectivity index (χ1n) is 10.4. The van der Waals surface area contributed by atoms with Gasteiger partial charge < -0.3 is 0 Å². The van der Waals surface area contributed by atoms with Crippen molar-refractivity contribution in [1.82, 2.24) is 0 Å². The first-order chi connectivity index (χ1) is 15.8. The summed E-state index contributed by atoms with van der Waals surface area (Å²) in [5.74, 6) is -0.0721. The Kier molecular flexibility index (Phi) is 7.89. The van der Waals surface area contributed by atoms with Crippen molar-refractivity contribution >= 4 is 41.6 Å². The van der Waals surface area contributed by atoms with Crippen LogP contribution in [0.25, 0.3) is 9.65 Å². The molecule has 0 radical (unpaired) electrons. The third-order valence-electron chi connectivity index (χ3n) is 5.42. The number of carbonyl (C=O) groups is 2. The number of para-hydroxylation sites is 1. The number of nitro groups is 1. The van der Waals surface area contributed by atoms with E-state index in [-0.39, 0.29) is 32.4 Å². The molecule has 0 bridgehead atoms. The number of carbonyl (C=O) groups excluding carboxylic acids is 2. The van der Waals surface area contributed by atoms with Crippen molar-refractivity contribution in [3.05, 3.63) is 62.6 Å². The second-order valence-corrected chi connectivity index (χ2v) is 9.76. The minimum atomic E-state index is -0.803. The van der Waals surface area contributed by atoms with E-state index < -0.39 is 22.9 Å². The summed E-state index contributed by atoms with van der Waals surface area (Å²) in [6, 6.07) is 11.7. The summed E-state index contributed by atoms with van der Waals surface area (Å²) < 4.78 is 17.9. The van der Waals surface area contributed by atoms with E-state index in [1.807, 2.05) is 25.1 Å². The van der Waals surface area contributed by atoms with Gasteiger partial charge in [-0.2, -0.15) is 0 Å². The normalized spacial score (nSPS) is 12.7. The van der Waals surface area contributed by atoms with E-state index >= 15 is 0 Å². The summed E-state index contributed by atoms with van der Waals surface area (Å²) in [6.45, 7) is 3.41. The van der Waals surface area contributed by atoms with E-state index in [1.54, 1.807) is 39.3 Å². The number of ketones is 1. The molecule has 33 heavy (non-hydrogen) atoms. The number of nitrogens with zero attached hydrogens (tertiary/aromatic N) is 1. The van der Waals surface area contributed by atoms with E-state index in [1.165, 1.54) is 6.07 Å². The minimum absolute atomic E-state index is 0.0226. The second kappa shape index (κ2) is 10.6. The molecule has 3 rings (SSSR count). The molecule has 0 spiro atoms. The summed E-state index contributed by atoms with van der Waals surface area (Å²) in [5, 5.41) is 12.2. The topological polar surface area (TPSA) is 105 Å². The average molecular weight is 518 g/mol. The van der Waals surface area contributed by atoms with Crippen LogP contribution in [0, 0.1) is 16.0 Å². The SMILES string of the molecule is CC[C@H](CC(=O)c1cc2cc(OC)c(OC)cc2[se]1)C(=O)OC(C)c1ccccc1[N+](=O)[O-]. The van der Waals surface area contributed by atoms with Crippen LogP contribution in [0.5, 0.6) is 11.5 Å². The summed E-state index contributed by atoms with van der Waals surface area (Å²) in [4.78, 5) is 36.5. The molecular weight excluding hydrogens is 493 g/mol. The number of methoxy groups -OCH3 is 2. The summed E-state index contributed by atoms with van der Waals surface area (Å²) in [5.41, 5.74) is 0.210. The van der Waals surface area contributed by atoms with Gasteiger partial charge in [0.05, 0.1) is 0 Å². The Labute approximate surface area is 197 Å². The Bertz CT molecular complexity index is 1150. The zero-order valence-corrected chi connectivity index (χ0v) is 20.5. The van der Waals surface area contributed by atoms with E-state index in [9.17, 15) is 19.7 Å². The predicted molar refractivity (Wildman–Crippen MR) is 124 cm³/mol. The second-order valence-electron chi connectivity index (χ2n) is 7.48. The zero-order valence-electron chi connectivity index (χ0n) is 18.8. The molecule has 0 aliphatic carbocycles. The number of benzene rings is 2. The van der Waals surface area contributed by atoms with Gasteiger partial charge in [-0.05, 0) is 0 Å². The molecule has 9 heteroatoms. The molecule has 0 amide bonds. The number of Topliss-reactive ketones (excluding diaryl/α,β-unsaturated/α-hetero) is 1. The van der Waals surface area contributed by atoms with Crippen LogP contribution in [0.2, 0.25) is 0 Å². The molecule has 0 saturated carbocycles. The molecule has 0 saturated heterocycles. The maximum absolute atomic E-state index is 13.0. The van der Waals surface area contributed by atoms with Crippen molar-refractivity contribution in [1.29, 1.82) is 0 Å². The maximum atomic E-state index is 13.0. The van der Waals surface area contributed by atoms with Gasteiger partial charge in [0, 0.05) is 0 Å². The van der Waals surface area contributed by atoms with Crippen molar-refractivity contribution in [2.24, 2.45) is 5.92 Å². The monoisotopic (exact) mass is 519 g/mol. The first-order valence-corrected chi connectivity index (χ1v) is 12.1. The molecule has 0 aliphatic rings. The van der Waals surface area contributed by atoms with E-state index in [0.717, 1.165) is 9.65 Å². The number of rotatable bonds is 10. The van der Waals surface area contributed by atoms with Crippen LogP contribution in [0.4, 0.5) is 5.69 Å². The summed E-state index contributed by atoms with van der Waals surface area (Å²) in [6.07, 6.45) is -0.361. The van der Waals surface area contributed by atoms with Crippen molar-refractivity contribution in [2.45, 2.75) is 32.8 Å². The van der Waals surface area contributed by atoms with Gasteiger partial charge >= 0.3 is 197 Å². The Morgan fingerprint density at radius 1 is 1.09 bits per heavy atom. The summed E-state index contributed by atoms with van der Waals surface area (Å²) >= 11 is -0.202. The zero-order chi connectivity index (χ0) is 24.1. The van der Waals surface area contributed by atoms with Crippen LogP contribution in [0.15, 0.2) is 42.5 Å².